The average Bonchev–Trinajstić information content (AvgIpc) is 3.27. The summed E-state index contributed by atoms with van der Waals surface area (Å²) < 4.78 is 22.8. The highest BCUT2D eigenvalue weighted by Gasteiger charge is 2.41. The van der Waals surface area contributed by atoms with Crippen molar-refractivity contribution in [2.45, 2.75) is 38.8 Å². The molecule has 38 heavy (non-hydrogen) atoms. The molecule has 0 bridgehead atoms. The number of carbonyl (C=O) groups excluding carboxylic acids is 2. The van der Waals surface area contributed by atoms with Crippen molar-refractivity contribution >= 4 is 45.5 Å². The second-order valence-electron chi connectivity index (χ2n) is 9.88. The molecule has 10 nitrogen and oxygen atoms in total. The van der Waals surface area contributed by atoms with Gasteiger partial charge in [0.2, 0.25) is 5.91 Å². The van der Waals surface area contributed by atoms with E-state index in [1.165, 1.54) is 22.5 Å². The number of halogens is 2. The Morgan fingerprint density at radius 3 is 2.74 bits per heavy atom. The largest absolute Gasteiger partial charge is 0.372 e. The summed E-state index contributed by atoms with van der Waals surface area (Å²) in [6, 6.07) is 8.49. The van der Waals surface area contributed by atoms with Crippen LogP contribution in [0.15, 0.2) is 41.3 Å². The summed E-state index contributed by atoms with van der Waals surface area (Å²) in [7, 11) is 0. The minimum atomic E-state index is -1.45. The first-order valence-electron chi connectivity index (χ1n) is 12.2. The molecule has 0 spiro atoms. The second kappa shape index (κ2) is 9.17. The van der Waals surface area contributed by atoms with E-state index in [4.69, 9.17) is 16.3 Å². The van der Waals surface area contributed by atoms with Crippen molar-refractivity contribution in [2.75, 3.05) is 19.7 Å². The minimum Gasteiger partial charge on any atom is -0.372 e. The van der Waals surface area contributed by atoms with Crippen molar-refractivity contribution in [3.63, 3.8) is 0 Å². The molecular weight excluding hydrogens is 515 g/mol. The molecular formula is C26H24ClFN6O4. The molecule has 2 amide bonds. The number of nitrogens with one attached hydrogen (secondary N) is 1. The number of amides is 2. The topological polar surface area (TPSA) is 111 Å². The Morgan fingerprint density at radius 1 is 1.24 bits per heavy atom. The van der Waals surface area contributed by atoms with E-state index in [1.807, 2.05) is 4.57 Å². The van der Waals surface area contributed by atoms with Crippen molar-refractivity contribution in [3.8, 4) is 0 Å². The highest BCUT2D eigenvalue weighted by molar-refractivity contribution is 6.30. The molecule has 1 N–H and O–H groups in total. The molecule has 1 aromatic carbocycles. The number of pyridine rings is 2. The molecule has 2 aliphatic heterocycles. The number of fused-ring (bicyclic) bond motifs is 5. The van der Waals surface area contributed by atoms with Gasteiger partial charge in [-0.3, -0.25) is 19.0 Å². The third-order valence-corrected chi connectivity index (χ3v) is 7.14. The van der Waals surface area contributed by atoms with Gasteiger partial charge in [-0.2, -0.15) is 0 Å². The van der Waals surface area contributed by atoms with Crippen molar-refractivity contribution in [3.05, 3.63) is 68.9 Å². The number of imidazole rings is 1. The zero-order valence-corrected chi connectivity index (χ0v) is 21.3. The number of rotatable bonds is 5. The number of benzene rings is 1. The highest BCUT2D eigenvalue weighted by atomic mass is 35.5. The highest BCUT2D eigenvalue weighted by Crippen LogP contribution is 2.28. The van der Waals surface area contributed by atoms with Crippen LogP contribution in [0, 0.1) is 0 Å². The molecule has 0 saturated carbocycles. The second-order valence-corrected chi connectivity index (χ2v) is 10.3. The van der Waals surface area contributed by atoms with Crippen LogP contribution < -0.4 is 10.9 Å². The number of alkyl halides is 1. The first-order valence-corrected chi connectivity index (χ1v) is 12.6. The molecule has 196 valence electrons. The normalized spacial score (nSPS) is 16.3. The fraction of sp³-hybridized carbons (Fsp3) is 0.346. The van der Waals surface area contributed by atoms with Crippen molar-refractivity contribution in [1.29, 1.82) is 0 Å². The van der Waals surface area contributed by atoms with Crippen LogP contribution >= 0.6 is 11.6 Å². The van der Waals surface area contributed by atoms with E-state index in [0.29, 0.717) is 47.0 Å². The number of aromatic nitrogens is 4. The smallest absolute Gasteiger partial charge is 0.265 e. The molecule has 5 heterocycles. The molecule has 0 atom stereocenters. The number of nitrogens with zero attached hydrogens (tertiary/aromatic N) is 5. The predicted molar refractivity (Wildman–Crippen MR) is 138 cm³/mol. The molecule has 2 aliphatic rings. The predicted octanol–water partition coefficient (Wildman–Crippen LogP) is 2.43. The maximum Gasteiger partial charge on any atom is 0.265 e. The lowest BCUT2D eigenvalue weighted by Crippen LogP contribution is -2.60. The number of ether oxygens (including phenoxy) is 1. The third-order valence-electron chi connectivity index (χ3n) is 6.89. The van der Waals surface area contributed by atoms with Crippen LogP contribution in [-0.4, -0.2) is 61.2 Å². The zero-order chi connectivity index (χ0) is 26.6. The van der Waals surface area contributed by atoms with E-state index >= 15 is 0 Å². The summed E-state index contributed by atoms with van der Waals surface area (Å²) in [4.78, 5) is 50.2. The Morgan fingerprint density at radius 2 is 2.00 bits per heavy atom. The fourth-order valence-corrected chi connectivity index (χ4v) is 5.13. The number of likely N-dealkylation sites (tertiary alicyclic amines) is 1. The van der Waals surface area contributed by atoms with Gasteiger partial charge in [-0.1, -0.05) is 23.7 Å². The van der Waals surface area contributed by atoms with Gasteiger partial charge in [0, 0.05) is 23.5 Å². The van der Waals surface area contributed by atoms with Crippen LogP contribution in [0.5, 0.6) is 0 Å². The average molecular weight is 539 g/mol. The van der Waals surface area contributed by atoms with Crippen LogP contribution in [0.2, 0.25) is 5.02 Å². The molecule has 4 aromatic rings. The van der Waals surface area contributed by atoms with E-state index in [9.17, 15) is 18.8 Å². The summed E-state index contributed by atoms with van der Waals surface area (Å²) in [5.41, 5.74) is 0.129. The van der Waals surface area contributed by atoms with E-state index in [0.717, 1.165) is 5.56 Å². The minimum absolute atomic E-state index is 0.0480. The first kappa shape index (κ1) is 24.5. The van der Waals surface area contributed by atoms with Crippen molar-refractivity contribution in [2.24, 2.45) is 0 Å². The van der Waals surface area contributed by atoms with Gasteiger partial charge in [-0.05, 0) is 30.7 Å². The van der Waals surface area contributed by atoms with Crippen LogP contribution in [0.4, 0.5) is 4.39 Å². The Bertz CT molecular complexity index is 1650. The Labute approximate surface area is 221 Å². The number of hydrogen-bond donors (Lipinski definition) is 1. The van der Waals surface area contributed by atoms with Gasteiger partial charge in [-0.25, -0.2) is 14.4 Å². The van der Waals surface area contributed by atoms with Gasteiger partial charge >= 0.3 is 0 Å². The van der Waals surface area contributed by atoms with Gasteiger partial charge in [0.1, 0.15) is 41.4 Å². The fourth-order valence-electron chi connectivity index (χ4n) is 5.01. The Balaban J connectivity index is 1.44. The van der Waals surface area contributed by atoms with Gasteiger partial charge in [0.15, 0.2) is 0 Å². The number of carbonyl (C=O) groups is 2. The molecule has 0 radical (unpaired) electrons. The van der Waals surface area contributed by atoms with E-state index in [2.05, 4.69) is 15.3 Å². The molecule has 1 fully saturated rings. The molecule has 12 heteroatoms. The van der Waals surface area contributed by atoms with Crippen LogP contribution in [0.3, 0.4) is 0 Å². The Hall–Kier alpha value is -3.83. The van der Waals surface area contributed by atoms with Gasteiger partial charge in [0.05, 0.1) is 31.4 Å². The monoisotopic (exact) mass is 538 g/mol. The van der Waals surface area contributed by atoms with Crippen molar-refractivity contribution in [1.82, 2.24) is 29.3 Å². The van der Waals surface area contributed by atoms with Crippen LogP contribution in [-0.2, 0) is 35.8 Å². The summed E-state index contributed by atoms with van der Waals surface area (Å²) in [6.45, 7) is 2.51. The summed E-state index contributed by atoms with van der Waals surface area (Å²) in [5.74, 6) is -0.300. The molecule has 1 saturated heterocycles. The van der Waals surface area contributed by atoms with Gasteiger partial charge in [0.25, 0.3) is 11.5 Å². The maximum atomic E-state index is 14.0. The molecule has 0 unspecified atom stereocenters. The summed E-state index contributed by atoms with van der Waals surface area (Å²) in [6.07, 6.45) is 1.55. The lowest BCUT2D eigenvalue weighted by atomic mass is 9.99. The third kappa shape index (κ3) is 4.31. The van der Waals surface area contributed by atoms with E-state index in [-0.39, 0.29) is 37.4 Å². The lowest BCUT2D eigenvalue weighted by Gasteiger charge is -2.42. The Kier molecular flexibility index (Phi) is 5.92. The quantitative estimate of drug-likeness (QED) is 0.418. The van der Waals surface area contributed by atoms with Crippen molar-refractivity contribution < 1.29 is 18.7 Å². The summed E-state index contributed by atoms with van der Waals surface area (Å²) in [5, 5.41) is 3.87. The summed E-state index contributed by atoms with van der Waals surface area (Å²) >= 11 is 5.94. The van der Waals surface area contributed by atoms with Gasteiger partial charge in [-0.15, -0.1) is 0 Å². The standard InChI is InChI=1S/C26H24ClFN6O4/c1-26(28)13-32(14-26)21(35)11-34-23-17(22-19(10-29-23)31-20-12-38-7-6-33(20)22)8-18(25(34)37)24(36)30-9-15-2-4-16(27)5-3-15/h2-5,8,10H,6-7,9,11-14H2,1H3,(H,30,36). The number of hydrogen-bond acceptors (Lipinski definition) is 6. The van der Waals surface area contributed by atoms with Crippen LogP contribution in [0.1, 0.15) is 28.7 Å². The van der Waals surface area contributed by atoms with Gasteiger partial charge < -0.3 is 19.5 Å². The maximum absolute atomic E-state index is 14.0. The first-order chi connectivity index (χ1) is 18.2. The van der Waals surface area contributed by atoms with E-state index < -0.39 is 23.0 Å². The zero-order valence-electron chi connectivity index (χ0n) is 20.5. The molecule has 6 rings (SSSR count). The lowest BCUT2D eigenvalue weighted by molar-refractivity contribution is -0.144. The SMILES string of the molecule is CC1(F)CN(C(=O)Cn2c(=O)c(C(=O)NCc3ccc(Cl)cc3)cc3c4c(cnc32)nc2n4CCOC2)C1. The molecule has 3 aromatic heterocycles. The van der Waals surface area contributed by atoms with E-state index in [1.54, 1.807) is 30.5 Å². The molecule has 0 aliphatic carbocycles. The van der Waals surface area contributed by atoms with Crippen LogP contribution in [0.25, 0.3) is 22.1 Å².